The minimum Gasteiger partial charge on any atom is -0.330 e. The van der Waals surface area contributed by atoms with Crippen LogP contribution >= 0.6 is 11.3 Å². The lowest BCUT2D eigenvalue weighted by atomic mass is 10.1. The van der Waals surface area contributed by atoms with E-state index >= 15 is 0 Å². The van der Waals surface area contributed by atoms with Crippen molar-refractivity contribution < 1.29 is 4.79 Å². The Bertz CT molecular complexity index is 548. The van der Waals surface area contributed by atoms with E-state index in [1.807, 2.05) is 5.38 Å². The molecule has 0 bridgehead atoms. The average molecular weight is 275 g/mol. The van der Waals surface area contributed by atoms with Crippen LogP contribution in [0.1, 0.15) is 23.2 Å². The first-order valence-electron chi connectivity index (χ1n) is 6.17. The lowest BCUT2D eigenvalue weighted by Gasteiger charge is -2.00. The second-order valence-corrected chi connectivity index (χ2v) is 5.25. The maximum atomic E-state index is 11.4. The van der Waals surface area contributed by atoms with Crippen LogP contribution < -0.4 is 11.1 Å². The fourth-order valence-electron chi connectivity index (χ4n) is 1.67. The van der Waals surface area contributed by atoms with Crippen molar-refractivity contribution in [3.8, 4) is 0 Å². The number of benzene rings is 1. The SMILES string of the molecule is Cc1ccc(Cc2csc(NC(=O)CCN)n2)cc1. The molecule has 100 valence electrons. The molecule has 0 radical (unpaired) electrons. The molecule has 1 aromatic heterocycles. The highest BCUT2D eigenvalue weighted by Gasteiger charge is 2.06. The molecule has 0 aliphatic rings. The summed E-state index contributed by atoms with van der Waals surface area (Å²) in [5, 5.41) is 5.36. The maximum Gasteiger partial charge on any atom is 0.227 e. The molecule has 0 saturated heterocycles. The molecular weight excluding hydrogens is 258 g/mol. The van der Waals surface area contributed by atoms with Crippen molar-refractivity contribution in [1.29, 1.82) is 0 Å². The summed E-state index contributed by atoms with van der Waals surface area (Å²) in [6, 6.07) is 8.37. The van der Waals surface area contributed by atoms with E-state index in [-0.39, 0.29) is 5.91 Å². The van der Waals surface area contributed by atoms with E-state index in [2.05, 4.69) is 41.5 Å². The van der Waals surface area contributed by atoms with Crippen LogP contribution in [0, 0.1) is 6.92 Å². The number of nitrogens with two attached hydrogens (primary N) is 1. The van der Waals surface area contributed by atoms with Crippen molar-refractivity contribution in [1.82, 2.24) is 4.98 Å². The Morgan fingerprint density at radius 3 is 2.79 bits per heavy atom. The molecule has 0 atom stereocenters. The van der Waals surface area contributed by atoms with E-state index in [0.29, 0.717) is 18.1 Å². The summed E-state index contributed by atoms with van der Waals surface area (Å²) in [6.07, 6.45) is 1.11. The van der Waals surface area contributed by atoms with Gasteiger partial charge in [-0.1, -0.05) is 29.8 Å². The molecular formula is C14H17N3OS. The Morgan fingerprint density at radius 2 is 2.11 bits per heavy atom. The van der Waals surface area contributed by atoms with Gasteiger partial charge in [0.1, 0.15) is 0 Å². The fraction of sp³-hybridized carbons (Fsp3) is 0.286. The van der Waals surface area contributed by atoms with Gasteiger partial charge < -0.3 is 11.1 Å². The van der Waals surface area contributed by atoms with Crippen molar-refractivity contribution >= 4 is 22.4 Å². The quantitative estimate of drug-likeness (QED) is 0.880. The Morgan fingerprint density at radius 1 is 1.37 bits per heavy atom. The van der Waals surface area contributed by atoms with Crippen LogP contribution in [0.5, 0.6) is 0 Å². The van der Waals surface area contributed by atoms with Crippen molar-refractivity contribution in [2.75, 3.05) is 11.9 Å². The Kier molecular flexibility index (Phi) is 4.65. The molecule has 0 aliphatic carbocycles. The topological polar surface area (TPSA) is 68.0 Å². The predicted octanol–water partition coefficient (Wildman–Crippen LogP) is 2.33. The summed E-state index contributed by atoms with van der Waals surface area (Å²) >= 11 is 1.44. The lowest BCUT2D eigenvalue weighted by Crippen LogP contribution is -2.16. The Hall–Kier alpha value is -1.72. The van der Waals surface area contributed by atoms with Crippen molar-refractivity contribution in [2.24, 2.45) is 5.73 Å². The zero-order chi connectivity index (χ0) is 13.7. The van der Waals surface area contributed by atoms with Gasteiger partial charge in [-0.25, -0.2) is 4.98 Å². The fourth-order valence-corrected chi connectivity index (χ4v) is 2.40. The minimum atomic E-state index is -0.0845. The first-order chi connectivity index (χ1) is 9.17. The van der Waals surface area contributed by atoms with Gasteiger partial charge in [-0.3, -0.25) is 4.79 Å². The zero-order valence-electron chi connectivity index (χ0n) is 10.8. The van der Waals surface area contributed by atoms with E-state index < -0.39 is 0 Å². The molecule has 1 heterocycles. The highest BCUT2D eigenvalue weighted by Crippen LogP contribution is 2.18. The highest BCUT2D eigenvalue weighted by molar-refractivity contribution is 7.13. The molecule has 0 spiro atoms. The number of hydrogen-bond acceptors (Lipinski definition) is 4. The van der Waals surface area contributed by atoms with Gasteiger partial charge in [0, 0.05) is 24.8 Å². The number of carbonyl (C=O) groups is 1. The number of rotatable bonds is 5. The molecule has 1 amide bonds. The molecule has 0 unspecified atom stereocenters. The number of amides is 1. The van der Waals surface area contributed by atoms with E-state index in [4.69, 9.17) is 5.73 Å². The average Bonchev–Trinajstić information content (AvgIpc) is 2.80. The van der Waals surface area contributed by atoms with Crippen molar-refractivity contribution in [3.05, 3.63) is 46.5 Å². The second-order valence-electron chi connectivity index (χ2n) is 4.39. The summed E-state index contributed by atoms with van der Waals surface area (Å²) < 4.78 is 0. The van der Waals surface area contributed by atoms with Gasteiger partial charge in [-0.05, 0) is 12.5 Å². The number of nitrogens with zero attached hydrogens (tertiary/aromatic N) is 1. The largest absolute Gasteiger partial charge is 0.330 e. The molecule has 0 fully saturated rings. The maximum absolute atomic E-state index is 11.4. The number of thiazole rings is 1. The highest BCUT2D eigenvalue weighted by atomic mass is 32.1. The molecule has 19 heavy (non-hydrogen) atoms. The smallest absolute Gasteiger partial charge is 0.227 e. The van der Waals surface area contributed by atoms with Gasteiger partial charge in [0.15, 0.2) is 5.13 Å². The molecule has 2 aromatic rings. The number of hydrogen-bond donors (Lipinski definition) is 2. The summed E-state index contributed by atoms with van der Waals surface area (Å²) in [5.74, 6) is -0.0845. The summed E-state index contributed by atoms with van der Waals surface area (Å²) in [4.78, 5) is 15.8. The van der Waals surface area contributed by atoms with Gasteiger partial charge in [0.05, 0.1) is 5.69 Å². The van der Waals surface area contributed by atoms with Gasteiger partial charge in [-0.15, -0.1) is 11.3 Å². The van der Waals surface area contributed by atoms with Crippen LogP contribution in [0.25, 0.3) is 0 Å². The van der Waals surface area contributed by atoms with E-state index in [0.717, 1.165) is 12.1 Å². The molecule has 2 rings (SSSR count). The third kappa shape index (κ3) is 4.15. The normalized spacial score (nSPS) is 10.4. The first kappa shape index (κ1) is 13.7. The number of anilines is 1. The third-order valence-corrected chi connectivity index (χ3v) is 3.48. The van der Waals surface area contributed by atoms with Crippen LogP contribution in [0.2, 0.25) is 0 Å². The molecule has 0 aliphatic heterocycles. The number of carbonyl (C=O) groups excluding carboxylic acids is 1. The van der Waals surface area contributed by atoms with Gasteiger partial charge in [0.25, 0.3) is 0 Å². The monoisotopic (exact) mass is 275 g/mol. The molecule has 3 N–H and O–H groups in total. The third-order valence-electron chi connectivity index (χ3n) is 2.68. The number of aromatic nitrogens is 1. The Labute approximate surface area is 116 Å². The van der Waals surface area contributed by atoms with E-state index in [9.17, 15) is 4.79 Å². The van der Waals surface area contributed by atoms with Crippen molar-refractivity contribution in [2.45, 2.75) is 19.8 Å². The van der Waals surface area contributed by atoms with Gasteiger partial charge in [0.2, 0.25) is 5.91 Å². The van der Waals surface area contributed by atoms with Crippen LogP contribution in [-0.4, -0.2) is 17.4 Å². The summed E-state index contributed by atoms with van der Waals surface area (Å²) in [5.41, 5.74) is 8.76. The molecule has 4 nitrogen and oxygen atoms in total. The van der Waals surface area contributed by atoms with Crippen LogP contribution in [0.15, 0.2) is 29.6 Å². The summed E-state index contributed by atoms with van der Waals surface area (Å²) in [7, 11) is 0. The Balaban J connectivity index is 1.97. The van der Waals surface area contributed by atoms with E-state index in [1.165, 1.54) is 22.5 Å². The zero-order valence-corrected chi connectivity index (χ0v) is 11.7. The van der Waals surface area contributed by atoms with Gasteiger partial charge in [-0.2, -0.15) is 0 Å². The van der Waals surface area contributed by atoms with Crippen LogP contribution in [-0.2, 0) is 11.2 Å². The molecule has 5 heteroatoms. The minimum absolute atomic E-state index is 0.0845. The van der Waals surface area contributed by atoms with Gasteiger partial charge >= 0.3 is 0 Å². The molecule has 1 aromatic carbocycles. The summed E-state index contributed by atoms with van der Waals surface area (Å²) in [6.45, 7) is 2.42. The first-order valence-corrected chi connectivity index (χ1v) is 7.05. The van der Waals surface area contributed by atoms with Crippen LogP contribution in [0.4, 0.5) is 5.13 Å². The van der Waals surface area contributed by atoms with Crippen molar-refractivity contribution in [3.63, 3.8) is 0 Å². The number of nitrogens with one attached hydrogen (secondary N) is 1. The van der Waals surface area contributed by atoms with E-state index in [1.54, 1.807) is 0 Å². The second kappa shape index (κ2) is 6.45. The standard InChI is InChI=1S/C14H17N3OS/c1-10-2-4-11(5-3-10)8-12-9-19-14(16-12)17-13(18)6-7-15/h2-5,9H,6-8,15H2,1H3,(H,16,17,18). The van der Waals surface area contributed by atoms with Crippen LogP contribution in [0.3, 0.4) is 0 Å². The lowest BCUT2D eigenvalue weighted by molar-refractivity contribution is -0.116. The number of aryl methyl sites for hydroxylation is 1. The predicted molar refractivity (Wildman–Crippen MR) is 78.4 cm³/mol. The molecule has 0 saturated carbocycles.